The van der Waals surface area contributed by atoms with Crippen LogP contribution in [0.5, 0.6) is 5.88 Å². The first-order valence-electron chi connectivity index (χ1n) is 4.81. The van der Waals surface area contributed by atoms with Crippen LogP contribution < -0.4 is 4.52 Å². The van der Waals surface area contributed by atoms with Gasteiger partial charge < -0.3 is 13.6 Å². The highest BCUT2D eigenvalue weighted by molar-refractivity contribution is 7.42. The second-order valence-electron chi connectivity index (χ2n) is 3.56. The van der Waals surface area contributed by atoms with E-state index in [2.05, 4.69) is 4.98 Å². The van der Waals surface area contributed by atoms with Crippen molar-refractivity contribution in [1.29, 1.82) is 0 Å². The van der Waals surface area contributed by atoms with Crippen LogP contribution in [-0.2, 0) is 9.05 Å². The molecular formula is C9H9Cl3NO3P. The van der Waals surface area contributed by atoms with Crippen LogP contribution in [0.2, 0.25) is 15.2 Å². The molecule has 1 aliphatic heterocycles. The third-order valence-electron chi connectivity index (χ3n) is 1.94. The summed E-state index contributed by atoms with van der Waals surface area (Å²) in [6, 6.07) is 1.47. The van der Waals surface area contributed by atoms with Gasteiger partial charge in [0, 0.05) is 5.92 Å². The van der Waals surface area contributed by atoms with Gasteiger partial charge in [0.15, 0.2) is 5.15 Å². The van der Waals surface area contributed by atoms with E-state index in [0.29, 0.717) is 19.1 Å². The highest BCUT2D eigenvalue weighted by Gasteiger charge is 2.25. The van der Waals surface area contributed by atoms with E-state index in [1.165, 1.54) is 6.07 Å². The van der Waals surface area contributed by atoms with Crippen LogP contribution in [0.1, 0.15) is 6.92 Å². The molecule has 0 amide bonds. The van der Waals surface area contributed by atoms with Gasteiger partial charge >= 0.3 is 8.60 Å². The molecule has 94 valence electrons. The zero-order valence-corrected chi connectivity index (χ0v) is 12.0. The maximum absolute atomic E-state index is 5.92. The molecule has 0 saturated carbocycles. The molecule has 0 atom stereocenters. The van der Waals surface area contributed by atoms with Crippen LogP contribution in [-0.4, -0.2) is 18.2 Å². The number of nitrogens with zero attached hydrogens (tertiary/aromatic N) is 1. The average Bonchev–Trinajstić information content (AvgIpc) is 2.29. The Morgan fingerprint density at radius 3 is 2.59 bits per heavy atom. The van der Waals surface area contributed by atoms with Gasteiger partial charge in [-0.05, 0) is 6.07 Å². The Morgan fingerprint density at radius 2 is 1.94 bits per heavy atom. The summed E-state index contributed by atoms with van der Waals surface area (Å²) < 4.78 is 16.1. The number of halogens is 3. The first-order valence-corrected chi connectivity index (χ1v) is 7.04. The minimum atomic E-state index is -1.46. The quantitative estimate of drug-likeness (QED) is 0.601. The Balaban J connectivity index is 2.06. The molecular weight excluding hydrogens is 307 g/mol. The van der Waals surface area contributed by atoms with E-state index in [1.54, 1.807) is 0 Å². The molecule has 8 heteroatoms. The molecule has 1 aromatic rings. The van der Waals surface area contributed by atoms with Crippen molar-refractivity contribution >= 4 is 43.4 Å². The predicted octanol–water partition coefficient (Wildman–Crippen LogP) is 4.33. The maximum atomic E-state index is 5.92. The van der Waals surface area contributed by atoms with Crippen LogP contribution in [0, 0.1) is 5.92 Å². The van der Waals surface area contributed by atoms with Crippen molar-refractivity contribution in [2.24, 2.45) is 5.92 Å². The van der Waals surface area contributed by atoms with Gasteiger partial charge in [-0.2, -0.15) is 4.98 Å². The smallest absolute Gasteiger partial charge is 0.398 e. The van der Waals surface area contributed by atoms with E-state index in [0.717, 1.165) is 0 Å². The number of hydrogen-bond acceptors (Lipinski definition) is 4. The Hall–Kier alpha value is 0.170. The highest BCUT2D eigenvalue weighted by Crippen LogP contribution is 2.46. The van der Waals surface area contributed by atoms with E-state index < -0.39 is 8.60 Å². The van der Waals surface area contributed by atoms with Crippen molar-refractivity contribution in [2.45, 2.75) is 6.92 Å². The van der Waals surface area contributed by atoms with Gasteiger partial charge in [-0.3, -0.25) is 0 Å². The van der Waals surface area contributed by atoms with E-state index in [1.807, 2.05) is 6.92 Å². The summed E-state index contributed by atoms with van der Waals surface area (Å²) in [5.74, 6) is 0.524. The molecule has 1 aliphatic rings. The molecule has 1 aromatic heterocycles. The highest BCUT2D eigenvalue weighted by atomic mass is 35.5. The lowest BCUT2D eigenvalue weighted by Gasteiger charge is -2.24. The molecule has 4 nitrogen and oxygen atoms in total. The first kappa shape index (κ1) is 13.6. The predicted molar refractivity (Wildman–Crippen MR) is 67.9 cm³/mol. The molecule has 0 aliphatic carbocycles. The summed E-state index contributed by atoms with van der Waals surface area (Å²) >= 11 is 17.4. The van der Waals surface area contributed by atoms with E-state index in [9.17, 15) is 0 Å². The number of hydrogen-bond donors (Lipinski definition) is 0. The van der Waals surface area contributed by atoms with Crippen molar-refractivity contribution in [3.8, 4) is 5.88 Å². The lowest BCUT2D eigenvalue weighted by atomic mass is 10.2. The molecule has 1 fully saturated rings. The largest absolute Gasteiger partial charge is 0.407 e. The summed E-state index contributed by atoms with van der Waals surface area (Å²) in [5, 5.41) is 0.676. The molecule has 0 unspecified atom stereocenters. The second kappa shape index (κ2) is 5.87. The minimum absolute atomic E-state index is 0.131. The van der Waals surface area contributed by atoms with Gasteiger partial charge in [0.25, 0.3) is 0 Å². The third-order valence-corrected chi connectivity index (χ3v) is 3.93. The summed E-state index contributed by atoms with van der Waals surface area (Å²) in [7, 11) is -1.46. The molecule has 1 saturated heterocycles. The number of pyridine rings is 1. The van der Waals surface area contributed by atoms with Crippen LogP contribution in [0.4, 0.5) is 0 Å². The topological polar surface area (TPSA) is 40.6 Å². The standard InChI is InChI=1S/C9H9Cl3NO3P/c1-5-3-14-17(15-4-5)16-9-7(11)2-6(10)8(12)13-9/h2,5H,3-4H2,1H3. The monoisotopic (exact) mass is 315 g/mol. The van der Waals surface area contributed by atoms with Gasteiger partial charge in [-0.25, -0.2) is 0 Å². The van der Waals surface area contributed by atoms with Crippen LogP contribution in [0.3, 0.4) is 0 Å². The van der Waals surface area contributed by atoms with Gasteiger partial charge in [0.05, 0.1) is 18.2 Å². The summed E-state index contributed by atoms with van der Waals surface area (Å²) in [5.41, 5.74) is 0. The van der Waals surface area contributed by atoms with Crippen molar-refractivity contribution in [3.63, 3.8) is 0 Å². The molecule has 17 heavy (non-hydrogen) atoms. The van der Waals surface area contributed by atoms with Gasteiger partial charge in [0.1, 0.15) is 5.02 Å². The zero-order valence-electron chi connectivity index (χ0n) is 8.82. The average molecular weight is 317 g/mol. The fourth-order valence-electron chi connectivity index (χ4n) is 1.08. The molecule has 0 N–H and O–H groups in total. The van der Waals surface area contributed by atoms with Gasteiger partial charge in [-0.15, -0.1) is 0 Å². The summed E-state index contributed by atoms with van der Waals surface area (Å²) in [6.07, 6.45) is 0. The Bertz CT molecular complexity index is 413. The van der Waals surface area contributed by atoms with E-state index >= 15 is 0 Å². The lowest BCUT2D eigenvalue weighted by Crippen LogP contribution is -2.18. The number of rotatable bonds is 2. The van der Waals surface area contributed by atoms with Crippen molar-refractivity contribution in [3.05, 3.63) is 21.3 Å². The van der Waals surface area contributed by atoms with Gasteiger partial charge in [0.2, 0.25) is 5.88 Å². The Labute approximate surface area is 115 Å². The van der Waals surface area contributed by atoms with E-state index in [-0.39, 0.29) is 21.1 Å². The Morgan fingerprint density at radius 1 is 1.29 bits per heavy atom. The van der Waals surface area contributed by atoms with Crippen LogP contribution in [0.15, 0.2) is 6.07 Å². The minimum Gasteiger partial charge on any atom is -0.407 e. The third kappa shape index (κ3) is 3.57. The Kier molecular flexibility index (Phi) is 4.70. The molecule has 2 heterocycles. The lowest BCUT2D eigenvalue weighted by molar-refractivity contribution is 0.102. The molecule has 0 radical (unpaired) electrons. The maximum Gasteiger partial charge on any atom is 0.398 e. The SMILES string of the molecule is CC1COP(Oc2nc(Cl)c(Cl)cc2Cl)OC1. The fraction of sp³-hybridized carbons (Fsp3) is 0.444. The molecule has 2 rings (SSSR count). The van der Waals surface area contributed by atoms with Crippen molar-refractivity contribution in [2.75, 3.05) is 13.2 Å². The number of aromatic nitrogens is 1. The second-order valence-corrected chi connectivity index (χ2v) is 5.88. The fourth-order valence-corrected chi connectivity index (χ4v) is 2.87. The van der Waals surface area contributed by atoms with Crippen LogP contribution in [0.25, 0.3) is 0 Å². The normalized spacial score (nSPS) is 24.7. The summed E-state index contributed by atoms with van der Waals surface area (Å²) in [4.78, 5) is 3.92. The van der Waals surface area contributed by atoms with Crippen molar-refractivity contribution in [1.82, 2.24) is 4.98 Å². The summed E-state index contributed by atoms with van der Waals surface area (Å²) in [6.45, 7) is 3.20. The van der Waals surface area contributed by atoms with Gasteiger partial charge in [-0.1, -0.05) is 41.7 Å². The van der Waals surface area contributed by atoms with E-state index in [4.69, 9.17) is 48.4 Å². The van der Waals surface area contributed by atoms with Crippen LogP contribution >= 0.6 is 43.4 Å². The molecule has 0 aromatic carbocycles. The zero-order chi connectivity index (χ0) is 12.4. The van der Waals surface area contributed by atoms with Crippen molar-refractivity contribution < 1.29 is 13.6 Å². The first-order chi connectivity index (χ1) is 8.06. The molecule has 0 spiro atoms. The molecule has 0 bridgehead atoms.